The van der Waals surface area contributed by atoms with Gasteiger partial charge in [-0.1, -0.05) is 13.8 Å². The Balaban J connectivity index is 2.67. The van der Waals surface area contributed by atoms with Crippen molar-refractivity contribution in [2.75, 3.05) is 0 Å². The van der Waals surface area contributed by atoms with Crippen molar-refractivity contribution in [1.82, 2.24) is 0 Å². The largest absolute Gasteiger partial charge is 0.417 e. The zero-order valence-electron chi connectivity index (χ0n) is 7.65. The van der Waals surface area contributed by atoms with E-state index < -0.39 is 17.3 Å². The predicted octanol–water partition coefficient (Wildman–Crippen LogP) is 1.43. The lowest BCUT2D eigenvalue weighted by molar-refractivity contribution is -0.305. The molecule has 0 aromatic carbocycles. The van der Waals surface area contributed by atoms with Gasteiger partial charge in [0, 0.05) is 18.4 Å². The van der Waals surface area contributed by atoms with Gasteiger partial charge in [-0.2, -0.15) is 13.2 Å². The van der Waals surface area contributed by atoms with Crippen LogP contribution in [0.4, 0.5) is 13.2 Å². The van der Waals surface area contributed by atoms with E-state index in [1.54, 1.807) is 13.8 Å². The monoisotopic (exact) mass is 197 g/mol. The maximum atomic E-state index is 12.2. The first-order valence-corrected chi connectivity index (χ1v) is 4.19. The number of hydrogen-bond acceptors (Lipinski definition) is 2. The van der Waals surface area contributed by atoms with Crippen molar-refractivity contribution >= 4 is 0 Å². The fraction of sp³-hybridized carbons (Fsp3) is 1.00. The maximum Gasteiger partial charge on any atom is 0.417 e. The average molecular weight is 197 g/mol. The van der Waals surface area contributed by atoms with Gasteiger partial charge in [0.25, 0.3) is 0 Å². The average Bonchev–Trinajstić information content (AvgIpc) is 1.81. The Morgan fingerprint density at radius 3 is 1.92 bits per heavy atom. The number of halogens is 3. The van der Waals surface area contributed by atoms with E-state index in [4.69, 9.17) is 10.8 Å². The molecule has 78 valence electrons. The Morgan fingerprint density at radius 2 is 1.69 bits per heavy atom. The molecule has 0 aromatic heterocycles. The summed E-state index contributed by atoms with van der Waals surface area (Å²) < 4.78 is 36.6. The van der Waals surface area contributed by atoms with Crippen molar-refractivity contribution in [3.05, 3.63) is 0 Å². The summed E-state index contributed by atoms with van der Waals surface area (Å²) >= 11 is 0. The van der Waals surface area contributed by atoms with E-state index in [0.29, 0.717) is 0 Å². The Morgan fingerprint density at radius 1 is 1.31 bits per heavy atom. The summed E-state index contributed by atoms with van der Waals surface area (Å²) in [6.07, 6.45) is -5.33. The molecule has 0 atom stereocenters. The lowest BCUT2D eigenvalue weighted by Gasteiger charge is -2.53. The van der Waals surface area contributed by atoms with E-state index in [9.17, 15) is 13.2 Å². The second kappa shape index (κ2) is 2.60. The van der Waals surface area contributed by atoms with E-state index in [0.717, 1.165) is 0 Å². The number of rotatable bonds is 1. The fourth-order valence-corrected chi connectivity index (χ4v) is 1.65. The number of aliphatic hydroxyl groups is 1. The summed E-state index contributed by atoms with van der Waals surface area (Å²) in [6.45, 7) is 3.52. The highest BCUT2D eigenvalue weighted by atomic mass is 19.4. The molecule has 0 spiro atoms. The summed E-state index contributed by atoms with van der Waals surface area (Å²) in [7, 11) is 0. The first-order valence-electron chi connectivity index (χ1n) is 4.19. The van der Waals surface area contributed by atoms with Crippen molar-refractivity contribution in [2.24, 2.45) is 11.7 Å². The highest BCUT2D eigenvalue weighted by Crippen LogP contribution is 2.52. The van der Waals surface area contributed by atoms with Gasteiger partial charge in [0.15, 0.2) is 5.60 Å². The molecule has 0 aromatic rings. The van der Waals surface area contributed by atoms with Gasteiger partial charge in [-0.3, -0.25) is 0 Å². The molecule has 0 aliphatic heterocycles. The van der Waals surface area contributed by atoms with Gasteiger partial charge in [-0.15, -0.1) is 0 Å². The lowest BCUT2D eigenvalue weighted by Crippen LogP contribution is -2.70. The maximum absolute atomic E-state index is 12.2. The summed E-state index contributed by atoms with van der Waals surface area (Å²) in [5.41, 5.74) is 2.25. The van der Waals surface area contributed by atoms with Crippen LogP contribution < -0.4 is 5.73 Å². The molecular weight excluding hydrogens is 183 g/mol. The van der Waals surface area contributed by atoms with E-state index >= 15 is 0 Å². The van der Waals surface area contributed by atoms with E-state index in [2.05, 4.69) is 0 Å². The van der Waals surface area contributed by atoms with Gasteiger partial charge in [0.05, 0.1) is 0 Å². The van der Waals surface area contributed by atoms with E-state index in [-0.39, 0.29) is 18.8 Å². The van der Waals surface area contributed by atoms with Gasteiger partial charge in [-0.25, -0.2) is 0 Å². The van der Waals surface area contributed by atoms with Crippen LogP contribution >= 0.6 is 0 Å². The molecule has 0 saturated heterocycles. The fourth-order valence-electron chi connectivity index (χ4n) is 1.65. The topological polar surface area (TPSA) is 46.2 Å². The Kier molecular flexibility index (Phi) is 2.16. The van der Waals surface area contributed by atoms with Crippen molar-refractivity contribution in [3.8, 4) is 0 Å². The second-order valence-corrected chi connectivity index (χ2v) is 4.27. The van der Waals surface area contributed by atoms with Crippen LogP contribution in [-0.4, -0.2) is 22.4 Å². The summed E-state index contributed by atoms with van der Waals surface area (Å²) in [5.74, 6) is -0.0462. The van der Waals surface area contributed by atoms with Crippen LogP contribution in [0.2, 0.25) is 0 Å². The molecule has 1 aliphatic rings. The highest BCUT2D eigenvalue weighted by Gasteiger charge is 2.66. The van der Waals surface area contributed by atoms with Crippen LogP contribution in [0.15, 0.2) is 0 Å². The minimum absolute atomic E-state index is 0.0462. The third-order valence-corrected chi connectivity index (χ3v) is 2.92. The molecule has 1 aliphatic carbocycles. The van der Waals surface area contributed by atoms with Gasteiger partial charge in [0.1, 0.15) is 0 Å². The van der Waals surface area contributed by atoms with E-state index in [1.807, 2.05) is 0 Å². The second-order valence-electron chi connectivity index (χ2n) is 4.27. The smallest absolute Gasteiger partial charge is 0.380 e. The zero-order chi connectivity index (χ0) is 10.5. The van der Waals surface area contributed by atoms with Crippen molar-refractivity contribution < 1.29 is 18.3 Å². The molecule has 3 N–H and O–H groups in total. The molecule has 0 heterocycles. The molecule has 1 saturated carbocycles. The molecule has 0 unspecified atom stereocenters. The van der Waals surface area contributed by atoms with Gasteiger partial charge >= 0.3 is 6.18 Å². The zero-order valence-corrected chi connectivity index (χ0v) is 7.65. The molecule has 5 heteroatoms. The SMILES string of the molecule is CC(C)C1(N)CC(O)(C(F)(F)F)C1. The first kappa shape index (κ1) is 10.8. The van der Waals surface area contributed by atoms with Crippen LogP contribution in [0.5, 0.6) is 0 Å². The number of hydrogen-bond donors (Lipinski definition) is 2. The lowest BCUT2D eigenvalue weighted by atomic mass is 9.60. The predicted molar refractivity (Wildman–Crippen MR) is 42.0 cm³/mol. The minimum atomic E-state index is -4.55. The van der Waals surface area contributed by atoms with Crippen LogP contribution in [0.1, 0.15) is 26.7 Å². The van der Waals surface area contributed by atoms with Crippen LogP contribution in [-0.2, 0) is 0 Å². The Hall–Kier alpha value is -0.290. The molecule has 0 bridgehead atoms. The van der Waals surface area contributed by atoms with Crippen LogP contribution in [0.3, 0.4) is 0 Å². The van der Waals surface area contributed by atoms with Gasteiger partial charge in [-0.05, 0) is 5.92 Å². The summed E-state index contributed by atoms with van der Waals surface area (Å²) in [5, 5.41) is 9.13. The molecule has 0 amide bonds. The third-order valence-electron chi connectivity index (χ3n) is 2.92. The summed E-state index contributed by atoms with van der Waals surface area (Å²) in [4.78, 5) is 0. The van der Waals surface area contributed by atoms with Crippen molar-refractivity contribution in [3.63, 3.8) is 0 Å². The molecule has 13 heavy (non-hydrogen) atoms. The number of nitrogens with two attached hydrogens (primary N) is 1. The Bertz CT molecular complexity index is 206. The van der Waals surface area contributed by atoms with Gasteiger partial charge in [0.2, 0.25) is 0 Å². The quantitative estimate of drug-likeness (QED) is 0.668. The normalized spacial score (nSPS) is 40.6. The first-order chi connectivity index (χ1) is 5.61. The van der Waals surface area contributed by atoms with E-state index in [1.165, 1.54) is 0 Å². The molecule has 1 rings (SSSR count). The van der Waals surface area contributed by atoms with Crippen molar-refractivity contribution in [1.29, 1.82) is 0 Å². The molecule has 1 fully saturated rings. The molecular formula is C8H14F3NO. The highest BCUT2D eigenvalue weighted by molar-refractivity contribution is 5.12. The van der Waals surface area contributed by atoms with Crippen LogP contribution in [0.25, 0.3) is 0 Å². The minimum Gasteiger partial charge on any atom is -0.380 e. The number of alkyl halides is 3. The molecule has 0 radical (unpaired) electrons. The standard InChI is InChI=1S/C8H14F3NO/c1-5(2)6(12)3-7(13,4-6)8(9,10)11/h5,13H,3-4,12H2,1-2H3. The summed E-state index contributed by atoms with van der Waals surface area (Å²) in [6, 6.07) is 0. The van der Waals surface area contributed by atoms with Crippen molar-refractivity contribution in [2.45, 2.75) is 44.0 Å². The van der Waals surface area contributed by atoms with Gasteiger partial charge < -0.3 is 10.8 Å². The Labute approximate surface area is 74.9 Å². The van der Waals surface area contributed by atoms with Crippen LogP contribution in [0, 0.1) is 5.92 Å². The third kappa shape index (κ3) is 1.55. The molecule has 2 nitrogen and oxygen atoms in total.